The molecule has 164 valence electrons. The second kappa shape index (κ2) is 10.7. The molecule has 0 aliphatic heterocycles. The zero-order valence-corrected chi connectivity index (χ0v) is 23.0. The van der Waals surface area contributed by atoms with Gasteiger partial charge in [0.2, 0.25) is 0 Å². The van der Waals surface area contributed by atoms with Crippen molar-refractivity contribution in [3.8, 4) is 0 Å². The molecule has 4 rings (SSSR count). The molecule has 0 heterocycles. The van der Waals surface area contributed by atoms with Gasteiger partial charge >= 0.3 is 0 Å². The molecule has 0 aromatic heterocycles. The predicted octanol–water partition coefficient (Wildman–Crippen LogP) is 4.42. The highest BCUT2D eigenvalue weighted by Gasteiger charge is 2.45. The number of rotatable bonds is 5. The lowest BCUT2D eigenvalue weighted by Crippen LogP contribution is -3.00. The van der Waals surface area contributed by atoms with E-state index in [9.17, 15) is 0 Å². The van der Waals surface area contributed by atoms with Crippen molar-refractivity contribution in [2.45, 2.75) is 26.9 Å². The van der Waals surface area contributed by atoms with Crippen LogP contribution in [0.2, 0.25) is 10.0 Å². The van der Waals surface area contributed by atoms with Crippen LogP contribution in [0.3, 0.4) is 0 Å². The standard InChI is InChI=1S/C28H26Cl2P.HI/c1-20-4-12-25(13-5-20)31(26-14-6-21(2)7-15-26,27-16-8-22(3)9-17-27)19-23-10-11-24(29)18-28(23)30;/h4-18H,19H2,1-3H3;1H/q+1;/p-1. The minimum atomic E-state index is -2.00. The molecule has 0 unspecified atom stereocenters. The lowest BCUT2D eigenvalue weighted by molar-refractivity contribution is -0.00000612. The molecule has 0 atom stereocenters. The summed E-state index contributed by atoms with van der Waals surface area (Å²) in [6, 6.07) is 33.0. The Bertz CT molecular complexity index is 1070. The maximum atomic E-state index is 6.71. The van der Waals surface area contributed by atoms with Gasteiger partial charge in [0.25, 0.3) is 0 Å². The molecule has 4 aromatic rings. The Morgan fingerprint density at radius 2 is 0.938 bits per heavy atom. The first-order chi connectivity index (χ1) is 14.9. The van der Waals surface area contributed by atoms with E-state index in [0.717, 1.165) is 16.7 Å². The molecule has 4 heteroatoms. The molecule has 0 aliphatic rings. The third kappa shape index (κ3) is 5.23. The number of aryl methyl sites for hydroxylation is 3. The van der Waals surface area contributed by atoms with Crippen LogP contribution >= 0.6 is 30.5 Å². The Kier molecular flexibility index (Phi) is 8.44. The van der Waals surface area contributed by atoms with E-state index >= 15 is 0 Å². The maximum Gasteiger partial charge on any atom is 0.116 e. The van der Waals surface area contributed by atoms with Gasteiger partial charge in [0.1, 0.15) is 23.2 Å². The summed E-state index contributed by atoms with van der Waals surface area (Å²) in [5.74, 6) is 0. The highest BCUT2D eigenvalue weighted by molar-refractivity contribution is 7.95. The van der Waals surface area contributed by atoms with Gasteiger partial charge in [-0.2, -0.15) is 0 Å². The summed E-state index contributed by atoms with van der Waals surface area (Å²) < 4.78 is 0. The summed E-state index contributed by atoms with van der Waals surface area (Å²) in [7, 11) is -2.00. The van der Waals surface area contributed by atoms with Gasteiger partial charge < -0.3 is 24.0 Å². The quantitative estimate of drug-likeness (QED) is 0.239. The Hall–Kier alpha value is -1.38. The van der Waals surface area contributed by atoms with Gasteiger partial charge in [0, 0.05) is 15.6 Å². The van der Waals surface area contributed by atoms with E-state index in [1.54, 1.807) is 0 Å². The normalized spacial score (nSPS) is 11.2. The summed E-state index contributed by atoms with van der Waals surface area (Å²) >= 11 is 12.9. The summed E-state index contributed by atoms with van der Waals surface area (Å²) in [5, 5.41) is 5.47. The number of hydrogen-bond acceptors (Lipinski definition) is 0. The average Bonchev–Trinajstić information content (AvgIpc) is 2.76. The van der Waals surface area contributed by atoms with Crippen molar-refractivity contribution in [1.82, 2.24) is 0 Å². The minimum Gasteiger partial charge on any atom is -1.00 e. The fourth-order valence-electron chi connectivity index (χ4n) is 4.02. The van der Waals surface area contributed by atoms with E-state index < -0.39 is 7.26 Å². The number of halogens is 3. The topological polar surface area (TPSA) is 0 Å². The van der Waals surface area contributed by atoms with Crippen LogP contribution in [0.1, 0.15) is 22.3 Å². The van der Waals surface area contributed by atoms with Crippen LogP contribution < -0.4 is 39.9 Å². The molecule has 0 aliphatic carbocycles. The zero-order chi connectivity index (χ0) is 22.0. The zero-order valence-electron chi connectivity index (χ0n) is 18.4. The van der Waals surface area contributed by atoms with Crippen molar-refractivity contribution in [1.29, 1.82) is 0 Å². The first-order valence-corrected chi connectivity index (χ1v) is 13.2. The predicted molar refractivity (Wildman–Crippen MR) is 140 cm³/mol. The Morgan fingerprint density at radius 3 is 1.28 bits per heavy atom. The lowest BCUT2D eigenvalue weighted by atomic mass is 10.2. The van der Waals surface area contributed by atoms with Crippen molar-refractivity contribution >= 4 is 46.4 Å². The first kappa shape index (κ1) is 25.2. The van der Waals surface area contributed by atoms with Crippen molar-refractivity contribution in [2.75, 3.05) is 0 Å². The number of benzene rings is 4. The van der Waals surface area contributed by atoms with Crippen LogP contribution in [0.5, 0.6) is 0 Å². The molecule has 0 amide bonds. The average molecular weight is 591 g/mol. The van der Waals surface area contributed by atoms with E-state index in [1.807, 2.05) is 12.1 Å². The highest BCUT2D eigenvalue weighted by atomic mass is 127. The highest BCUT2D eigenvalue weighted by Crippen LogP contribution is 2.59. The molecular weight excluding hydrogens is 565 g/mol. The van der Waals surface area contributed by atoms with Crippen LogP contribution in [-0.4, -0.2) is 0 Å². The summed E-state index contributed by atoms with van der Waals surface area (Å²) in [4.78, 5) is 0. The molecule has 4 aromatic carbocycles. The summed E-state index contributed by atoms with van der Waals surface area (Å²) in [6.45, 7) is 6.41. The van der Waals surface area contributed by atoms with E-state index in [1.165, 1.54) is 32.6 Å². The van der Waals surface area contributed by atoms with Crippen LogP contribution in [0.25, 0.3) is 0 Å². The molecule has 0 bridgehead atoms. The third-order valence-electron chi connectivity index (χ3n) is 5.85. The molecule has 0 saturated carbocycles. The van der Waals surface area contributed by atoms with E-state index in [4.69, 9.17) is 23.2 Å². The second-order valence-corrected chi connectivity index (χ2v) is 12.5. The van der Waals surface area contributed by atoms with Gasteiger partial charge in [0.15, 0.2) is 0 Å². The molecular formula is C28H26Cl2IP. The largest absolute Gasteiger partial charge is 1.00 e. The smallest absolute Gasteiger partial charge is 0.116 e. The van der Waals surface area contributed by atoms with Gasteiger partial charge in [-0.15, -0.1) is 0 Å². The molecule has 32 heavy (non-hydrogen) atoms. The van der Waals surface area contributed by atoms with Crippen molar-refractivity contribution in [2.24, 2.45) is 0 Å². The molecule has 0 spiro atoms. The van der Waals surface area contributed by atoms with Crippen LogP contribution in [0.4, 0.5) is 0 Å². The fraction of sp³-hybridized carbons (Fsp3) is 0.143. The van der Waals surface area contributed by atoms with E-state index in [0.29, 0.717) is 5.02 Å². The lowest BCUT2D eigenvalue weighted by Gasteiger charge is -2.28. The number of hydrogen-bond donors (Lipinski definition) is 0. The van der Waals surface area contributed by atoms with Gasteiger partial charge in [-0.05, 0) is 69.3 Å². The Morgan fingerprint density at radius 1 is 0.562 bits per heavy atom. The van der Waals surface area contributed by atoms with Crippen molar-refractivity contribution in [3.05, 3.63) is 123 Å². The molecule has 0 saturated heterocycles. The first-order valence-electron chi connectivity index (χ1n) is 10.4. The summed E-state index contributed by atoms with van der Waals surface area (Å²) in [6.07, 6.45) is 0.845. The molecule has 0 nitrogen and oxygen atoms in total. The van der Waals surface area contributed by atoms with E-state index in [-0.39, 0.29) is 24.0 Å². The second-order valence-electron chi connectivity index (χ2n) is 8.21. The van der Waals surface area contributed by atoms with Gasteiger partial charge in [-0.3, -0.25) is 0 Å². The van der Waals surface area contributed by atoms with Crippen molar-refractivity contribution in [3.63, 3.8) is 0 Å². The molecule has 0 fully saturated rings. The van der Waals surface area contributed by atoms with Crippen molar-refractivity contribution < 1.29 is 24.0 Å². The summed E-state index contributed by atoms with van der Waals surface area (Å²) in [5.41, 5.74) is 4.92. The van der Waals surface area contributed by atoms with E-state index in [2.05, 4.69) is 99.6 Å². The van der Waals surface area contributed by atoms with Crippen LogP contribution in [0.15, 0.2) is 91.0 Å². The maximum absolute atomic E-state index is 6.71. The molecule has 0 radical (unpaired) electrons. The monoisotopic (exact) mass is 590 g/mol. The van der Waals surface area contributed by atoms with Crippen LogP contribution in [0, 0.1) is 20.8 Å². The fourth-order valence-corrected chi connectivity index (χ4v) is 8.80. The van der Waals surface area contributed by atoms with Gasteiger partial charge in [-0.25, -0.2) is 0 Å². The van der Waals surface area contributed by atoms with Crippen LogP contribution in [-0.2, 0) is 6.16 Å². The minimum absolute atomic E-state index is 0. The van der Waals surface area contributed by atoms with Gasteiger partial charge in [-0.1, -0.05) is 82.4 Å². The van der Waals surface area contributed by atoms with Gasteiger partial charge in [0.05, 0.1) is 6.16 Å². The Labute approximate surface area is 219 Å². The molecule has 0 N–H and O–H groups in total. The SMILES string of the molecule is Cc1ccc([P+](Cc2ccc(Cl)cc2Cl)(c2ccc(C)cc2)c2ccc(C)cc2)cc1.[I-]. The Balaban J connectivity index is 0.00000289. The third-order valence-corrected chi connectivity index (χ3v) is 10.8.